The molecule has 0 saturated carbocycles. The molecule has 21 heavy (non-hydrogen) atoms. The van der Waals surface area contributed by atoms with Gasteiger partial charge >= 0.3 is 0 Å². The van der Waals surface area contributed by atoms with Gasteiger partial charge in [0.05, 0.1) is 5.56 Å². The predicted octanol–water partition coefficient (Wildman–Crippen LogP) is 4.26. The summed E-state index contributed by atoms with van der Waals surface area (Å²) in [5.74, 6) is -0.121. The van der Waals surface area contributed by atoms with Gasteiger partial charge in [-0.2, -0.15) is 0 Å². The second-order valence-corrected chi connectivity index (χ2v) is 5.34. The number of amides is 1. The molecule has 0 fully saturated rings. The second-order valence-electron chi connectivity index (χ2n) is 4.78. The van der Waals surface area contributed by atoms with E-state index >= 15 is 0 Å². The topological polar surface area (TPSA) is 42.2 Å². The van der Waals surface area contributed by atoms with E-state index in [0.29, 0.717) is 12.1 Å². The Balaban J connectivity index is 1.74. The summed E-state index contributed by atoms with van der Waals surface area (Å²) in [4.78, 5) is 12.3. The SMILES string of the molecule is O=C(NCc1cccc(CBr)c1)c1coc2ccccc12. The van der Waals surface area contributed by atoms with E-state index in [-0.39, 0.29) is 5.91 Å². The summed E-state index contributed by atoms with van der Waals surface area (Å²) in [7, 11) is 0. The summed E-state index contributed by atoms with van der Waals surface area (Å²) >= 11 is 3.43. The molecule has 0 spiro atoms. The van der Waals surface area contributed by atoms with Gasteiger partial charge < -0.3 is 9.73 Å². The molecule has 106 valence electrons. The van der Waals surface area contributed by atoms with Crippen molar-refractivity contribution in [2.45, 2.75) is 11.9 Å². The summed E-state index contributed by atoms with van der Waals surface area (Å²) in [6.07, 6.45) is 1.51. The van der Waals surface area contributed by atoms with Crippen LogP contribution in [-0.2, 0) is 11.9 Å². The molecular weight excluding hydrogens is 330 g/mol. The first-order valence-electron chi connectivity index (χ1n) is 6.66. The standard InChI is InChI=1S/C17H14BrNO2/c18-9-12-4-3-5-13(8-12)10-19-17(20)15-11-21-16-7-2-1-6-14(15)16/h1-8,11H,9-10H2,(H,19,20). The van der Waals surface area contributed by atoms with Crippen molar-refractivity contribution in [3.05, 3.63) is 71.5 Å². The number of furan rings is 1. The largest absolute Gasteiger partial charge is 0.463 e. The van der Waals surface area contributed by atoms with E-state index in [4.69, 9.17) is 4.42 Å². The lowest BCUT2D eigenvalue weighted by Gasteiger charge is -2.05. The molecule has 1 N–H and O–H groups in total. The zero-order valence-electron chi connectivity index (χ0n) is 11.3. The van der Waals surface area contributed by atoms with Crippen LogP contribution in [0.3, 0.4) is 0 Å². The number of hydrogen-bond acceptors (Lipinski definition) is 2. The molecule has 3 aromatic rings. The van der Waals surface area contributed by atoms with Crippen LogP contribution < -0.4 is 5.32 Å². The zero-order valence-corrected chi connectivity index (χ0v) is 12.9. The van der Waals surface area contributed by atoms with Crippen molar-refractivity contribution < 1.29 is 9.21 Å². The maximum atomic E-state index is 12.3. The lowest BCUT2D eigenvalue weighted by atomic mass is 10.1. The molecule has 0 radical (unpaired) electrons. The third-order valence-corrected chi connectivity index (χ3v) is 3.97. The molecule has 1 heterocycles. The molecule has 0 atom stereocenters. The number of rotatable bonds is 4. The third kappa shape index (κ3) is 3.00. The normalized spacial score (nSPS) is 10.7. The van der Waals surface area contributed by atoms with Crippen LogP contribution >= 0.6 is 15.9 Å². The molecule has 4 heteroatoms. The van der Waals surface area contributed by atoms with Crippen LogP contribution in [0.25, 0.3) is 11.0 Å². The Morgan fingerprint density at radius 2 is 1.90 bits per heavy atom. The van der Waals surface area contributed by atoms with Gasteiger partial charge in [-0.1, -0.05) is 58.4 Å². The molecule has 0 aliphatic rings. The van der Waals surface area contributed by atoms with Gasteiger partial charge in [0.1, 0.15) is 11.8 Å². The molecule has 1 aromatic heterocycles. The summed E-state index contributed by atoms with van der Waals surface area (Å²) in [5.41, 5.74) is 3.56. The minimum atomic E-state index is -0.121. The van der Waals surface area contributed by atoms with E-state index in [1.54, 1.807) is 0 Å². The van der Waals surface area contributed by atoms with Gasteiger partial charge in [0.25, 0.3) is 5.91 Å². The van der Waals surface area contributed by atoms with E-state index in [1.807, 2.05) is 42.5 Å². The van der Waals surface area contributed by atoms with Crippen molar-refractivity contribution in [2.24, 2.45) is 0 Å². The summed E-state index contributed by atoms with van der Waals surface area (Å²) in [5, 5.41) is 4.57. The third-order valence-electron chi connectivity index (χ3n) is 3.32. The summed E-state index contributed by atoms with van der Waals surface area (Å²) in [6, 6.07) is 15.6. The molecule has 0 aliphatic carbocycles. The van der Waals surface area contributed by atoms with Crippen LogP contribution in [0.2, 0.25) is 0 Å². The van der Waals surface area contributed by atoms with Crippen LogP contribution in [0.1, 0.15) is 21.5 Å². The highest BCUT2D eigenvalue weighted by molar-refractivity contribution is 9.08. The van der Waals surface area contributed by atoms with E-state index in [9.17, 15) is 4.79 Å². The Hall–Kier alpha value is -2.07. The molecule has 0 saturated heterocycles. The Morgan fingerprint density at radius 1 is 1.10 bits per heavy atom. The van der Waals surface area contributed by atoms with E-state index in [2.05, 4.69) is 27.3 Å². The Labute approximate surface area is 131 Å². The average molecular weight is 344 g/mol. The first-order chi connectivity index (χ1) is 10.3. The van der Waals surface area contributed by atoms with Crippen molar-refractivity contribution in [1.29, 1.82) is 0 Å². The molecule has 1 amide bonds. The lowest BCUT2D eigenvalue weighted by Crippen LogP contribution is -2.22. The fourth-order valence-electron chi connectivity index (χ4n) is 2.25. The number of benzene rings is 2. The fourth-order valence-corrected chi connectivity index (χ4v) is 2.60. The first-order valence-corrected chi connectivity index (χ1v) is 7.78. The van der Waals surface area contributed by atoms with Crippen LogP contribution in [-0.4, -0.2) is 5.91 Å². The first kappa shape index (κ1) is 13.9. The van der Waals surface area contributed by atoms with Crippen LogP contribution in [0.15, 0.2) is 59.2 Å². The van der Waals surface area contributed by atoms with Crippen molar-refractivity contribution in [2.75, 3.05) is 0 Å². The lowest BCUT2D eigenvalue weighted by molar-refractivity contribution is 0.0951. The van der Waals surface area contributed by atoms with E-state index < -0.39 is 0 Å². The number of nitrogens with one attached hydrogen (secondary N) is 1. The monoisotopic (exact) mass is 343 g/mol. The van der Waals surface area contributed by atoms with E-state index in [1.165, 1.54) is 11.8 Å². The number of hydrogen-bond donors (Lipinski definition) is 1. The molecule has 3 rings (SSSR count). The van der Waals surface area contributed by atoms with Crippen molar-refractivity contribution in [3.8, 4) is 0 Å². The summed E-state index contributed by atoms with van der Waals surface area (Å²) < 4.78 is 5.39. The van der Waals surface area contributed by atoms with Gasteiger partial charge in [0.2, 0.25) is 0 Å². The Kier molecular flexibility index (Phi) is 4.06. The number of alkyl halides is 1. The quantitative estimate of drug-likeness (QED) is 0.719. The number of carbonyl (C=O) groups is 1. The van der Waals surface area contributed by atoms with Crippen molar-refractivity contribution >= 4 is 32.8 Å². The van der Waals surface area contributed by atoms with Crippen LogP contribution in [0, 0.1) is 0 Å². The van der Waals surface area contributed by atoms with Gasteiger partial charge in [-0.25, -0.2) is 0 Å². The average Bonchev–Trinajstić information content (AvgIpc) is 2.97. The number of fused-ring (bicyclic) bond motifs is 1. The molecule has 3 nitrogen and oxygen atoms in total. The highest BCUT2D eigenvalue weighted by Crippen LogP contribution is 2.20. The summed E-state index contributed by atoms with van der Waals surface area (Å²) in [6.45, 7) is 0.499. The maximum Gasteiger partial charge on any atom is 0.255 e. The van der Waals surface area contributed by atoms with Crippen LogP contribution in [0.5, 0.6) is 0 Å². The van der Waals surface area contributed by atoms with Gasteiger partial charge in [0.15, 0.2) is 0 Å². The van der Waals surface area contributed by atoms with Gasteiger partial charge in [-0.05, 0) is 17.2 Å². The smallest absolute Gasteiger partial charge is 0.255 e. The van der Waals surface area contributed by atoms with Crippen molar-refractivity contribution in [1.82, 2.24) is 5.32 Å². The second kappa shape index (κ2) is 6.14. The highest BCUT2D eigenvalue weighted by atomic mass is 79.9. The molecule has 2 aromatic carbocycles. The Bertz CT molecular complexity index is 779. The van der Waals surface area contributed by atoms with Gasteiger partial charge in [0, 0.05) is 17.3 Å². The minimum absolute atomic E-state index is 0.121. The Morgan fingerprint density at radius 3 is 2.76 bits per heavy atom. The number of carbonyl (C=O) groups excluding carboxylic acids is 1. The number of para-hydroxylation sites is 1. The minimum Gasteiger partial charge on any atom is -0.463 e. The molecule has 0 unspecified atom stereocenters. The fraction of sp³-hybridized carbons (Fsp3) is 0.118. The highest BCUT2D eigenvalue weighted by Gasteiger charge is 2.12. The van der Waals surface area contributed by atoms with Crippen molar-refractivity contribution in [3.63, 3.8) is 0 Å². The molecule has 0 aliphatic heterocycles. The van der Waals surface area contributed by atoms with Gasteiger partial charge in [-0.15, -0.1) is 0 Å². The van der Waals surface area contributed by atoms with Gasteiger partial charge in [-0.3, -0.25) is 4.79 Å². The predicted molar refractivity (Wildman–Crippen MR) is 86.5 cm³/mol. The van der Waals surface area contributed by atoms with E-state index in [0.717, 1.165) is 21.9 Å². The molecule has 0 bridgehead atoms. The maximum absolute atomic E-state index is 12.3. The van der Waals surface area contributed by atoms with Crippen LogP contribution in [0.4, 0.5) is 0 Å². The number of halogens is 1. The zero-order chi connectivity index (χ0) is 14.7. The molecular formula is C17H14BrNO2.